The Morgan fingerprint density at radius 2 is 1.54 bits per heavy atom. The maximum Gasteiger partial charge on any atom is 0.338 e. The quantitative estimate of drug-likeness (QED) is 0.279. The zero-order chi connectivity index (χ0) is 18.8. The van der Waals surface area contributed by atoms with E-state index in [-0.39, 0.29) is 6.42 Å². The van der Waals surface area contributed by atoms with Crippen LogP contribution in [0, 0.1) is 0 Å². The van der Waals surface area contributed by atoms with E-state index in [0.29, 0.717) is 13.0 Å². The number of carboxylic acid groups (broad SMARTS) is 2. The van der Waals surface area contributed by atoms with E-state index >= 15 is 0 Å². The number of hydrogen-bond donors (Lipinski definition) is 6. The summed E-state index contributed by atoms with van der Waals surface area (Å²) in [5.74, 6) is -2.15. The molecule has 1 unspecified atom stereocenters. The minimum Gasteiger partial charge on any atom is -0.480 e. The number of aliphatic carboxylic acids is 2. The van der Waals surface area contributed by atoms with E-state index in [4.69, 9.17) is 33.1 Å². The summed E-state index contributed by atoms with van der Waals surface area (Å²) in [4.78, 5) is 21.0. The normalized spacial score (nSPS) is 13.4. The van der Waals surface area contributed by atoms with Gasteiger partial charge in [0.25, 0.3) is 0 Å². The molecule has 1 rings (SSSR count). The Bertz CT molecular complexity index is 518. The molecule has 1 aromatic carbocycles. The Labute approximate surface area is 141 Å². The molecular formula is C16H28N4O4. The molecule has 8 nitrogen and oxygen atoms in total. The van der Waals surface area contributed by atoms with Crippen LogP contribution in [0.2, 0.25) is 0 Å². The van der Waals surface area contributed by atoms with Crippen molar-refractivity contribution in [3.8, 4) is 0 Å². The third kappa shape index (κ3) is 8.59. The van der Waals surface area contributed by atoms with Crippen LogP contribution in [-0.4, -0.2) is 39.9 Å². The average Bonchev–Trinajstić information content (AvgIpc) is 2.48. The maximum atomic E-state index is 10.6. The van der Waals surface area contributed by atoms with Crippen LogP contribution < -0.4 is 22.9 Å². The molecule has 0 heterocycles. The molecule has 0 saturated heterocycles. The van der Waals surface area contributed by atoms with Crippen LogP contribution in [0.25, 0.3) is 0 Å². The van der Waals surface area contributed by atoms with Gasteiger partial charge in [0, 0.05) is 6.42 Å². The van der Waals surface area contributed by atoms with Crippen molar-refractivity contribution in [2.45, 2.75) is 43.8 Å². The van der Waals surface area contributed by atoms with E-state index in [9.17, 15) is 9.59 Å². The summed E-state index contributed by atoms with van der Waals surface area (Å²) in [5.41, 5.74) is 19.5. The van der Waals surface area contributed by atoms with Gasteiger partial charge in [-0.1, -0.05) is 30.3 Å². The van der Waals surface area contributed by atoms with E-state index in [1.807, 2.05) is 18.2 Å². The van der Waals surface area contributed by atoms with Crippen molar-refractivity contribution in [3.05, 3.63) is 35.9 Å². The molecule has 0 fully saturated rings. The van der Waals surface area contributed by atoms with Crippen molar-refractivity contribution in [1.29, 1.82) is 0 Å². The van der Waals surface area contributed by atoms with Crippen LogP contribution in [0.1, 0.15) is 31.7 Å². The van der Waals surface area contributed by atoms with Gasteiger partial charge in [-0.3, -0.25) is 4.79 Å². The third-order valence-electron chi connectivity index (χ3n) is 3.38. The minimum atomic E-state index is -1.68. The lowest BCUT2D eigenvalue weighted by molar-refractivity contribution is -0.143. The molecule has 1 atom stereocenters. The molecule has 0 aliphatic heterocycles. The molecule has 8 heteroatoms. The van der Waals surface area contributed by atoms with Gasteiger partial charge in [0.2, 0.25) is 0 Å². The van der Waals surface area contributed by atoms with E-state index in [2.05, 4.69) is 0 Å². The molecule has 0 saturated carbocycles. The number of hydrogen-bond acceptors (Lipinski definition) is 6. The molecule has 1 aromatic rings. The predicted molar refractivity (Wildman–Crippen MR) is 92.0 cm³/mol. The van der Waals surface area contributed by atoms with Gasteiger partial charge in [-0.2, -0.15) is 0 Å². The van der Waals surface area contributed by atoms with Gasteiger partial charge in [-0.05, 0) is 38.3 Å². The van der Waals surface area contributed by atoms with E-state index in [1.54, 1.807) is 12.1 Å². The van der Waals surface area contributed by atoms with Gasteiger partial charge in [0.15, 0.2) is 5.66 Å². The summed E-state index contributed by atoms with van der Waals surface area (Å²) in [7, 11) is 0. The summed E-state index contributed by atoms with van der Waals surface area (Å²) >= 11 is 0. The molecule has 0 aromatic heterocycles. The molecule has 24 heavy (non-hydrogen) atoms. The lowest BCUT2D eigenvalue weighted by Gasteiger charge is -2.18. The molecule has 0 aliphatic rings. The van der Waals surface area contributed by atoms with Gasteiger partial charge < -0.3 is 33.1 Å². The first kappa shape index (κ1) is 22.0. The predicted octanol–water partition coefficient (Wildman–Crippen LogP) is -0.155. The first-order chi connectivity index (χ1) is 11.0. The molecular weight excluding hydrogens is 312 g/mol. The second-order valence-electron chi connectivity index (χ2n) is 5.98. The highest BCUT2D eigenvalue weighted by atomic mass is 16.4. The summed E-state index contributed by atoms with van der Waals surface area (Å²) in [6, 6.07) is 9.05. The highest BCUT2D eigenvalue weighted by Crippen LogP contribution is 2.09. The van der Waals surface area contributed by atoms with Gasteiger partial charge in [0.05, 0.1) is 0 Å². The second-order valence-corrected chi connectivity index (χ2v) is 5.98. The van der Waals surface area contributed by atoms with Crippen molar-refractivity contribution >= 4 is 11.9 Å². The molecule has 0 radical (unpaired) electrons. The number of nitrogens with two attached hydrogens (primary N) is 4. The van der Waals surface area contributed by atoms with Crippen LogP contribution in [0.4, 0.5) is 0 Å². The summed E-state index contributed by atoms with van der Waals surface area (Å²) < 4.78 is 0. The maximum absolute atomic E-state index is 10.6. The summed E-state index contributed by atoms with van der Waals surface area (Å²) in [5, 5.41) is 17.2. The fourth-order valence-corrected chi connectivity index (χ4v) is 1.75. The van der Waals surface area contributed by atoms with Crippen LogP contribution >= 0.6 is 0 Å². The number of rotatable bonds is 8. The van der Waals surface area contributed by atoms with Crippen LogP contribution in [0.15, 0.2) is 30.3 Å². The summed E-state index contributed by atoms with van der Waals surface area (Å²) in [6.45, 7) is 2.11. The number of unbranched alkanes of at least 4 members (excludes halogenated alkanes) is 1. The standard InChI is InChI=1S/C9H12N2O2.C7H16N2O2/c10-9(11,8(12)13)6-7-4-2-1-3-5-7;1-7(9,6(10)11)4-2-3-5-8/h1-5H,6,10-11H2,(H,12,13);2-5,8-9H2,1H3,(H,10,11). The van der Waals surface area contributed by atoms with E-state index < -0.39 is 23.1 Å². The third-order valence-corrected chi connectivity index (χ3v) is 3.38. The van der Waals surface area contributed by atoms with Crippen molar-refractivity contribution in [1.82, 2.24) is 0 Å². The Morgan fingerprint density at radius 3 is 1.96 bits per heavy atom. The highest BCUT2D eigenvalue weighted by molar-refractivity contribution is 5.78. The van der Waals surface area contributed by atoms with Crippen LogP contribution in [0.5, 0.6) is 0 Å². The number of carboxylic acids is 2. The first-order valence-corrected chi connectivity index (χ1v) is 7.60. The zero-order valence-corrected chi connectivity index (χ0v) is 13.9. The largest absolute Gasteiger partial charge is 0.480 e. The average molecular weight is 340 g/mol. The fraction of sp³-hybridized carbons (Fsp3) is 0.500. The first-order valence-electron chi connectivity index (χ1n) is 7.60. The van der Waals surface area contributed by atoms with E-state index in [1.165, 1.54) is 6.92 Å². The fourth-order valence-electron chi connectivity index (χ4n) is 1.75. The molecule has 0 amide bonds. The Balaban J connectivity index is 0.000000449. The van der Waals surface area contributed by atoms with Gasteiger partial charge >= 0.3 is 11.9 Å². The zero-order valence-electron chi connectivity index (χ0n) is 13.9. The SMILES string of the molecule is CC(N)(CCCCN)C(=O)O.NC(N)(Cc1ccccc1)C(=O)O. The number of benzene rings is 1. The van der Waals surface area contributed by atoms with Gasteiger partial charge in [0.1, 0.15) is 5.54 Å². The molecule has 0 bridgehead atoms. The van der Waals surface area contributed by atoms with E-state index in [0.717, 1.165) is 18.4 Å². The van der Waals surface area contributed by atoms with Crippen molar-refractivity contribution in [2.24, 2.45) is 22.9 Å². The molecule has 0 aliphatic carbocycles. The monoisotopic (exact) mass is 340 g/mol. The summed E-state index contributed by atoms with van der Waals surface area (Å²) in [6.07, 6.45) is 2.22. The van der Waals surface area contributed by atoms with Crippen molar-refractivity contribution in [2.75, 3.05) is 6.54 Å². The van der Waals surface area contributed by atoms with Crippen molar-refractivity contribution < 1.29 is 19.8 Å². The highest BCUT2D eigenvalue weighted by Gasteiger charge is 2.28. The van der Waals surface area contributed by atoms with Gasteiger partial charge in [-0.15, -0.1) is 0 Å². The smallest absolute Gasteiger partial charge is 0.338 e. The molecule has 0 spiro atoms. The lowest BCUT2D eigenvalue weighted by Crippen LogP contribution is -2.58. The molecule has 10 N–H and O–H groups in total. The minimum absolute atomic E-state index is 0.128. The Kier molecular flexibility index (Phi) is 9.16. The second kappa shape index (κ2) is 9.99. The Hall–Kier alpha value is -2.00. The van der Waals surface area contributed by atoms with Gasteiger partial charge in [-0.25, -0.2) is 4.79 Å². The lowest BCUT2D eigenvalue weighted by atomic mass is 9.96. The van der Waals surface area contributed by atoms with Crippen molar-refractivity contribution in [3.63, 3.8) is 0 Å². The van der Waals surface area contributed by atoms with Crippen LogP contribution in [0.3, 0.4) is 0 Å². The number of carbonyl (C=O) groups is 2. The van der Waals surface area contributed by atoms with Crippen LogP contribution in [-0.2, 0) is 16.0 Å². The topological polar surface area (TPSA) is 179 Å². The Morgan fingerprint density at radius 1 is 1.00 bits per heavy atom. The molecule has 136 valence electrons.